The molecular formula is C15H18ClN5O3. The van der Waals surface area contributed by atoms with Crippen molar-refractivity contribution in [2.24, 2.45) is 5.10 Å². The summed E-state index contributed by atoms with van der Waals surface area (Å²) in [6.45, 7) is 2.15. The van der Waals surface area contributed by atoms with Gasteiger partial charge in [0.2, 0.25) is 0 Å². The summed E-state index contributed by atoms with van der Waals surface area (Å²) in [5.41, 5.74) is 0.712. The second-order valence-corrected chi connectivity index (χ2v) is 5.33. The number of benzene rings is 1. The van der Waals surface area contributed by atoms with Gasteiger partial charge < -0.3 is 14.4 Å². The van der Waals surface area contributed by atoms with Crippen molar-refractivity contribution in [2.45, 2.75) is 6.92 Å². The van der Waals surface area contributed by atoms with Crippen molar-refractivity contribution >= 4 is 23.7 Å². The minimum atomic E-state index is -0.174. The van der Waals surface area contributed by atoms with E-state index in [4.69, 9.17) is 21.1 Å². The quantitative estimate of drug-likeness (QED) is 0.709. The van der Waals surface area contributed by atoms with E-state index in [1.165, 1.54) is 22.2 Å². The summed E-state index contributed by atoms with van der Waals surface area (Å²) >= 11 is 6.27. The predicted molar refractivity (Wildman–Crippen MR) is 89.8 cm³/mol. The van der Waals surface area contributed by atoms with Crippen molar-refractivity contribution < 1.29 is 14.3 Å². The van der Waals surface area contributed by atoms with Crippen molar-refractivity contribution in [3.8, 4) is 11.5 Å². The molecule has 1 aromatic carbocycles. The smallest absolute Gasteiger partial charge is 0.259 e. The molecule has 1 heterocycles. The van der Waals surface area contributed by atoms with Gasteiger partial charge in [-0.2, -0.15) is 5.10 Å². The molecule has 0 radical (unpaired) electrons. The Balaban J connectivity index is 2.23. The van der Waals surface area contributed by atoms with Crippen molar-refractivity contribution in [2.75, 3.05) is 27.3 Å². The number of hydrogen-bond donors (Lipinski definition) is 0. The Labute approximate surface area is 144 Å². The van der Waals surface area contributed by atoms with Gasteiger partial charge in [0.1, 0.15) is 12.7 Å². The molecule has 0 N–H and O–H groups in total. The standard InChI is InChI=1S/C15H18ClN5O3/c1-4-23-13-6-11(7-19-21-9-17-18-10-21)5-12(16)15(13)24-8-14(22)20(2)3/h5-7,9-10H,4,8H2,1-3H3/b19-7-. The Morgan fingerprint density at radius 1 is 1.33 bits per heavy atom. The molecule has 1 aromatic heterocycles. The minimum Gasteiger partial charge on any atom is -0.490 e. The van der Waals surface area contributed by atoms with Crippen LogP contribution in [0.1, 0.15) is 12.5 Å². The molecule has 2 aromatic rings. The lowest BCUT2D eigenvalue weighted by Gasteiger charge is -2.16. The van der Waals surface area contributed by atoms with Crippen LogP contribution in [0.2, 0.25) is 5.02 Å². The van der Waals surface area contributed by atoms with Crippen molar-refractivity contribution in [3.05, 3.63) is 35.4 Å². The third-order valence-corrected chi connectivity index (χ3v) is 3.20. The first-order valence-corrected chi connectivity index (χ1v) is 7.57. The van der Waals surface area contributed by atoms with Gasteiger partial charge in [-0.25, -0.2) is 4.68 Å². The van der Waals surface area contributed by atoms with Gasteiger partial charge in [-0.15, -0.1) is 10.2 Å². The Hall–Kier alpha value is -2.61. The summed E-state index contributed by atoms with van der Waals surface area (Å²) in [7, 11) is 3.31. The van der Waals surface area contributed by atoms with E-state index >= 15 is 0 Å². The van der Waals surface area contributed by atoms with Gasteiger partial charge in [-0.1, -0.05) is 11.6 Å². The van der Waals surface area contributed by atoms with E-state index < -0.39 is 0 Å². The second-order valence-electron chi connectivity index (χ2n) is 4.93. The van der Waals surface area contributed by atoms with Gasteiger partial charge in [-0.3, -0.25) is 4.79 Å². The number of likely N-dealkylation sites (N-methyl/N-ethyl adjacent to an activating group) is 1. The zero-order valence-corrected chi connectivity index (χ0v) is 14.4. The molecule has 0 unspecified atom stereocenters. The molecule has 0 fully saturated rings. The maximum absolute atomic E-state index is 11.7. The van der Waals surface area contributed by atoms with Crippen LogP contribution in [0, 0.1) is 0 Å². The summed E-state index contributed by atoms with van der Waals surface area (Å²) in [6.07, 6.45) is 4.52. The number of rotatable bonds is 7. The molecule has 9 heteroatoms. The lowest BCUT2D eigenvalue weighted by Crippen LogP contribution is -2.27. The number of aromatic nitrogens is 3. The molecule has 0 bridgehead atoms. The number of carbonyl (C=O) groups excluding carboxylic acids is 1. The monoisotopic (exact) mass is 351 g/mol. The van der Waals surface area contributed by atoms with E-state index in [1.807, 2.05) is 6.92 Å². The van der Waals surface area contributed by atoms with Crippen LogP contribution in [0.4, 0.5) is 0 Å². The van der Waals surface area contributed by atoms with Gasteiger partial charge in [0, 0.05) is 14.1 Å². The van der Waals surface area contributed by atoms with E-state index in [0.717, 1.165) is 0 Å². The lowest BCUT2D eigenvalue weighted by molar-refractivity contribution is -0.130. The molecule has 0 atom stereocenters. The summed E-state index contributed by atoms with van der Waals surface area (Å²) in [5, 5.41) is 11.8. The molecule has 8 nitrogen and oxygen atoms in total. The highest BCUT2D eigenvalue weighted by Crippen LogP contribution is 2.36. The molecule has 1 amide bonds. The molecule has 0 aliphatic carbocycles. The number of halogens is 1. The second kappa shape index (κ2) is 8.30. The Kier molecular flexibility index (Phi) is 6.14. The van der Waals surface area contributed by atoms with E-state index in [2.05, 4.69) is 15.3 Å². The fourth-order valence-electron chi connectivity index (χ4n) is 1.72. The first-order valence-electron chi connectivity index (χ1n) is 7.19. The summed E-state index contributed by atoms with van der Waals surface area (Å²) < 4.78 is 12.5. The van der Waals surface area contributed by atoms with Gasteiger partial charge in [0.25, 0.3) is 5.91 Å². The van der Waals surface area contributed by atoms with Crippen LogP contribution in [0.5, 0.6) is 11.5 Å². The molecule has 24 heavy (non-hydrogen) atoms. The van der Waals surface area contributed by atoms with Crippen LogP contribution in [-0.4, -0.2) is 59.2 Å². The van der Waals surface area contributed by atoms with Gasteiger partial charge in [0.05, 0.1) is 17.8 Å². The van der Waals surface area contributed by atoms with Crippen LogP contribution < -0.4 is 9.47 Å². The van der Waals surface area contributed by atoms with Gasteiger partial charge >= 0.3 is 0 Å². The zero-order chi connectivity index (χ0) is 17.5. The molecule has 0 aliphatic rings. The molecule has 128 valence electrons. The topological polar surface area (TPSA) is 81.8 Å². The maximum atomic E-state index is 11.7. The third-order valence-electron chi connectivity index (χ3n) is 2.92. The maximum Gasteiger partial charge on any atom is 0.259 e. The van der Waals surface area contributed by atoms with Gasteiger partial charge in [0.15, 0.2) is 18.1 Å². The number of ether oxygens (including phenoxy) is 2. The first-order chi connectivity index (χ1) is 11.5. The van der Waals surface area contributed by atoms with Gasteiger partial charge in [-0.05, 0) is 24.6 Å². The normalized spacial score (nSPS) is 10.8. The van der Waals surface area contributed by atoms with Crippen LogP contribution in [0.25, 0.3) is 0 Å². The lowest BCUT2D eigenvalue weighted by atomic mass is 10.2. The van der Waals surface area contributed by atoms with Crippen molar-refractivity contribution in [3.63, 3.8) is 0 Å². The van der Waals surface area contributed by atoms with Crippen molar-refractivity contribution in [1.29, 1.82) is 0 Å². The molecule has 0 spiro atoms. The average molecular weight is 352 g/mol. The zero-order valence-electron chi connectivity index (χ0n) is 13.6. The third kappa shape index (κ3) is 4.69. The van der Waals surface area contributed by atoms with E-state index in [0.29, 0.717) is 28.7 Å². The minimum absolute atomic E-state index is 0.124. The van der Waals surface area contributed by atoms with Crippen molar-refractivity contribution in [1.82, 2.24) is 19.8 Å². The highest BCUT2D eigenvalue weighted by atomic mass is 35.5. The molecule has 0 aliphatic heterocycles. The highest BCUT2D eigenvalue weighted by molar-refractivity contribution is 6.32. The summed E-state index contributed by atoms with van der Waals surface area (Å²) in [4.78, 5) is 13.1. The first kappa shape index (κ1) is 17.7. The van der Waals surface area contributed by atoms with Crippen LogP contribution in [0.15, 0.2) is 29.9 Å². The molecule has 2 rings (SSSR count). The fraction of sp³-hybridized carbons (Fsp3) is 0.333. The van der Waals surface area contributed by atoms with Crippen LogP contribution in [0.3, 0.4) is 0 Å². The number of hydrogen-bond acceptors (Lipinski definition) is 6. The molecule has 0 saturated carbocycles. The van der Waals surface area contributed by atoms with Crippen LogP contribution in [-0.2, 0) is 4.79 Å². The summed E-state index contributed by atoms with van der Waals surface area (Å²) in [5.74, 6) is 0.601. The Morgan fingerprint density at radius 3 is 2.67 bits per heavy atom. The fourth-order valence-corrected chi connectivity index (χ4v) is 1.99. The Bertz CT molecular complexity index is 716. The van der Waals surface area contributed by atoms with Crippen LogP contribution >= 0.6 is 11.6 Å². The van der Waals surface area contributed by atoms with E-state index in [9.17, 15) is 4.79 Å². The summed E-state index contributed by atoms with van der Waals surface area (Å²) in [6, 6.07) is 3.41. The van der Waals surface area contributed by atoms with E-state index in [-0.39, 0.29) is 12.5 Å². The Morgan fingerprint density at radius 2 is 2.04 bits per heavy atom. The number of amides is 1. The molecular weight excluding hydrogens is 334 g/mol. The molecule has 0 saturated heterocycles. The number of carbonyl (C=O) groups is 1. The number of nitrogens with zero attached hydrogens (tertiary/aromatic N) is 5. The largest absolute Gasteiger partial charge is 0.490 e. The average Bonchev–Trinajstić information content (AvgIpc) is 3.05. The van der Waals surface area contributed by atoms with E-state index in [1.54, 1.807) is 32.4 Å². The highest BCUT2D eigenvalue weighted by Gasteiger charge is 2.14. The SMILES string of the molecule is CCOc1cc(/C=N\n2cnnc2)cc(Cl)c1OCC(=O)N(C)C. The predicted octanol–water partition coefficient (Wildman–Crippen LogP) is 1.68.